The molecular formula is C20H16N8S. The summed E-state index contributed by atoms with van der Waals surface area (Å²) in [6.45, 7) is 1.59. The molecular weight excluding hydrogens is 384 g/mol. The Bertz CT molecular complexity index is 1380. The third-order valence-electron chi connectivity index (χ3n) is 5.04. The van der Waals surface area contributed by atoms with Gasteiger partial charge in [-0.05, 0) is 23.9 Å². The minimum atomic E-state index is 0.185. The molecule has 1 fully saturated rings. The Labute approximate surface area is 169 Å². The molecule has 1 aliphatic rings. The lowest BCUT2D eigenvalue weighted by Gasteiger charge is -2.38. The van der Waals surface area contributed by atoms with Crippen molar-refractivity contribution in [1.82, 2.24) is 29.9 Å². The highest BCUT2D eigenvalue weighted by molar-refractivity contribution is 7.99. The topological polar surface area (TPSA) is 110 Å². The first-order valence-corrected chi connectivity index (χ1v) is 10.1. The predicted molar refractivity (Wildman–Crippen MR) is 113 cm³/mol. The van der Waals surface area contributed by atoms with Gasteiger partial charge in [-0.2, -0.15) is 0 Å². The SMILES string of the molecule is NC1CN(c2nc(Sc3cnc4nccnc4c3)nc3[nH]c4ccccc4c23)C1. The van der Waals surface area contributed by atoms with E-state index in [1.807, 2.05) is 18.2 Å². The number of anilines is 1. The van der Waals surface area contributed by atoms with E-state index < -0.39 is 0 Å². The first-order chi connectivity index (χ1) is 14.2. The smallest absolute Gasteiger partial charge is 0.196 e. The maximum Gasteiger partial charge on any atom is 0.196 e. The highest BCUT2D eigenvalue weighted by atomic mass is 32.2. The summed E-state index contributed by atoms with van der Waals surface area (Å²) in [4.78, 5) is 29.2. The van der Waals surface area contributed by atoms with Crippen molar-refractivity contribution in [2.24, 2.45) is 5.73 Å². The number of benzene rings is 1. The van der Waals surface area contributed by atoms with Crippen LogP contribution in [0.2, 0.25) is 0 Å². The molecule has 0 saturated carbocycles. The molecule has 5 heterocycles. The molecule has 0 aliphatic carbocycles. The number of H-pyrrole nitrogens is 1. The standard InChI is InChI=1S/C20H16N8S/c21-11-9-28(10-11)19-16-13-3-1-2-4-14(13)25-18(16)26-20(27-19)29-12-7-15-17(24-8-12)23-6-5-22-15/h1-8,11H,9-10,21H2,(H,25,26,27). The van der Waals surface area contributed by atoms with Crippen molar-refractivity contribution in [3.63, 3.8) is 0 Å². The summed E-state index contributed by atoms with van der Waals surface area (Å²) in [5.74, 6) is 0.921. The van der Waals surface area contributed by atoms with Gasteiger partial charge in [-0.25, -0.2) is 19.9 Å². The van der Waals surface area contributed by atoms with Crippen LogP contribution in [0.5, 0.6) is 0 Å². The van der Waals surface area contributed by atoms with Crippen LogP contribution in [0.25, 0.3) is 33.1 Å². The summed E-state index contributed by atoms with van der Waals surface area (Å²) in [5, 5.41) is 2.82. The van der Waals surface area contributed by atoms with Gasteiger partial charge in [0.1, 0.15) is 17.0 Å². The summed E-state index contributed by atoms with van der Waals surface area (Å²) in [6.07, 6.45) is 5.08. The van der Waals surface area contributed by atoms with Gasteiger partial charge in [0.05, 0.1) is 5.39 Å². The van der Waals surface area contributed by atoms with Crippen molar-refractivity contribution in [2.45, 2.75) is 16.1 Å². The Morgan fingerprint density at radius 3 is 2.83 bits per heavy atom. The van der Waals surface area contributed by atoms with E-state index in [2.05, 4.69) is 37.0 Å². The van der Waals surface area contributed by atoms with Gasteiger partial charge in [0, 0.05) is 53.5 Å². The maximum atomic E-state index is 6.03. The van der Waals surface area contributed by atoms with Gasteiger partial charge in [0.2, 0.25) is 0 Å². The minimum absolute atomic E-state index is 0.185. The second-order valence-corrected chi connectivity index (χ2v) is 8.10. The molecule has 0 spiro atoms. The number of aromatic amines is 1. The Balaban J connectivity index is 1.48. The van der Waals surface area contributed by atoms with Gasteiger partial charge in [0.25, 0.3) is 0 Å². The number of aromatic nitrogens is 6. The normalized spacial score (nSPS) is 14.7. The Morgan fingerprint density at radius 2 is 1.93 bits per heavy atom. The van der Waals surface area contributed by atoms with E-state index >= 15 is 0 Å². The van der Waals surface area contributed by atoms with Crippen LogP contribution < -0.4 is 10.6 Å². The molecule has 6 rings (SSSR count). The third kappa shape index (κ3) is 2.78. The third-order valence-corrected chi connectivity index (χ3v) is 5.86. The van der Waals surface area contributed by atoms with Crippen LogP contribution in [-0.4, -0.2) is 49.0 Å². The Kier molecular flexibility index (Phi) is 3.65. The molecule has 0 atom stereocenters. The van der Waals surface area contributed by atoms with E-state index in [1.165, 1.54) is 11.8 Å². The molecule has 5 aromatic rings. The highest BCUT2D eigenvalue weighted by Gasteiger charge is 2.28. The molecule has 4 aromatic heterocycles. The molecule has 0 unspecified atom stereocenters. The highest BCUT2D eigenvalue weighted by Crippen LogP contribution is 2.36. The second kappa shape index (κ2) is 6.36. The lowest BCUT2D eigenvalue weighted by molar-refractivity contribution is 0.514. The summed E-state index contributed by atoms with van der Waals surface area (Å²) in [5.41, 5.74) is 9.28. The van der Waals surface area contributed by atoms with Gasteiger partial charge in [-0.1, -0.05) is 18.2 Å². The molecule has 8 nitrogen and oxygen atoms in total. The zero-order chi connectivity index (χ0) is 19.4. The van der Waals surface area contributed by atoms with E-state index in [0.29, 0.717) is 10.8 Å². The van der Waals surface area contributed by atoms with E-state index in [1.54, 1.807) is 18.6 Å². The Hall–Kier alpha value is -3.30. The molecule has 29 heavy (non-hydrogen) atoms. The van der Waals surface area contributed by atoms with Gasteiger partial charge in [-0.15, -0.1) is 0 Å². The van der Waals surface area contributed by atoms with E-state index in [4.69, 9.17) is 15.7 Å². The van der Waals surface area contributed by atoms with Gasteiger partial charge in [0.15, 0.2) is 10.8 Å². The predicted octanol–water partition coefficient (Wildman–Crippen LogP) is 2.75. The lowest BCUT2D eigenvalue weighted by Crippen LogP contribution is -2.56. The van der Waals surface area contributed by atoms with Crippen molar-refractivity contribution in [3.05, 3.63) is 48.9 Å². The fourth-order valence-electron chi connectivity index (χ4n) is 3.67. The van der Waals surface area contributed by atoms with E-state index in [9.17, 15) is 0 Å². The molecule has 0 radical (unpaired) electrons. The fourth-order valence-corrected chi connectivity index (χ4v) is 4.42. The molecule has 1 saturated heterocycles. The average Bonchev–Trinajstić information content (AvgIpc) is 3.09. The number of pyridine rings is 1. The summed E-state index contributed by atoms with van der Waals surface area (Å²) in [6, 6.07) is 10.3. The van der Waals surface area contributed by atoms with Crippen LogP contribution in [0.4, 0.5) is 5.82 Å². The van der Waals surface area contributed by atoms with Gasteiger partial charge < -0.3 is 15.6 Å². The molecule has 0 amide bonds. The van der Waals surface area contributed by atoms with Crippen molar-refractivity contribution >= 4 is 50.7 Å². The zero-order valence-electron chi connectivity index (χ0n) is 15.3. The number of rotatable bonds is 3. The summed E-state index contributed by atoms with van der Waals surface area (Å²) in [7, 11) is 0. The monoisotopic (exact) mass is 400 g/mol. The number of nitrogens with two attached hydrogens (primary N) is 1. The molecule has 0 bridgehead atoms. The number of nitrogens with one attached hydrogen (secondary N) is 1. The van der Waals surface area contributed by atoms with Crippen LogP contribution in [0.3, 0.4) is 0 Å². The van der Waals surface area contributed by atoms with Crippen LogP contribution >= 0.6 is 11.8 Å². The van der Waals surface area contributed by atoms with E-state index in [0.717, 1.165) is 51.3 Å². The first kappa shape index (κ1) is 16.6. The van der Waals surface area contributed by atoms with Crippen molar-refractivity contribution < 1.29 is 0 Å². The van der Waals surface area contributed by atoms with Gasteiger partial charge in [-0.3, -0.25) is 4.98 Å². The van der Waals surface area contributed by atoms with Crippen LogP contribution in [0, 0.1) is 0 Å². The fraction of sp³-hybridized carbons (Fsp3) is 0.150. The van der Waals surface area contributed by atoms with Crippen molar-refractivity contribution in [3.8, 4) is 0 Å². The number of nitrogens with zero attached hydrogens (tertiary/aromatic N) is 6. The number of hydrogen-bond donors (Lipinski definition) is 2. The van der Waals surface area contributed by atoms with Crippen molar-refractivity contribution in [1.29, 1.82) is 0 Å². The second-order valence-electron chi connectivity index (χ2n) is 7.06. The minimum Gasteiger partial charge on any atom is -0.353 e. The average molecular weight is 400 g/mol. The van der Waals surface area contributed by atoms with Crippen molar-refractivity contribution in [2.75, 3.05) is 18.0 Å². The van der Waals surface area contributed by atoms with Gasteiger partial charge >= 0.3 is 0 Å². The maximum absolute atomic E-state index is 6.03. The quantitative estimate of drug-likeness (QED) is 0.445. The van der Waals surface area contributed by atoms with Crippen LogP contribution in [-0.2, 0) is 0 Å². The molecule has 142 valence electrons. The largest absolute Gasteiger partial charge is 0.353 e. The Morgan fingerprint density at radius 1 is 1.07 bits per heavy atom. The van der Waals surface area contributed by atoms with Crippen LogP contribution in [0.15, 0.2) is 59.0 Å². The number of fused-ring (bicyclic) bond motifs is 4. The number of para-hydroxylation sites is 1. The summed E-state index contributed by atoms with van der Waals surface area (Å²) < 4.78 is 0. The first-order valence-electron chi connectivity index (χ1n) is 9.28. The summed E-state index contributed by atoms with van der Waals surface area (Å²) >= 11 is 1.46. The molecule has 3 N–H and O–H groups in total. The number of hydrogen-bond acceptors (Lipinski definition) is 8. The van der Waals surface area contributed by atoms with Crippen LogP contribution in [0.1, 0.15) is 0 Å². The molecule has 1 aromatic carbocycles. The lowest BCUT2D eigenvalue weighted by atomic mass is 10.1. The molecule has 1 aliphatic heterocycles. The van der Waals surface area contributed by atoms with E-state index in [-0.39, 0.29) is 6.04 Å². The zero-order valence-corrected chi connectivity index (χ0v) is 16.1. The molecule has 9 heteroatoms.